The summed E-state index contributed by atoms with van der Waals surface area (Å²) in [6.07, 6.45) is 0. The number of aromatic nitrogens is 2. The molecule has 0 aliphatic carbocycles. The smallest absolute Gasteiger partial charge is 0.387 e. The molecule has 1 amide bonds. The van der Waals surface area contributed by atoms with Crippen molar-refractivity contribution in [1.82, 2.24) is 18.0 Å². The van der Waals surface area contributed by atoms with Crippen LogP contribution < -0.4 is 9.47 Å². The largest absolute Gasteiger partial charge is 0.490 e. The predicted octanol–water partition coefficient (Wildman–Crippen LogP) is 2.84. The van der Waals surface area contributed by atoms with E-state index in [-0.39, 0.29) is 60.7 Å². The highest BCUT2D eigenvalue weighted by Crippen LogP contribution is 2.31. The van der Waals surface area contributed by atoms with Gasteiger partial charge >= 0.3 is 6.61 Å². The molecule has 0 atom stereocenters. The Kier molecular flexibility index (Phi) is 6.72. The van der Waals surface area contributed by atoms with Gasteiger partial charge in [0.05, 0.1) is 18.3 Å². The molecule has 0 saturated carbocycles. The zero-order valence-corrected chi connectivity index (χ0v) is 19.1. The first-order valence-electron chi connectivity index (χ1n) is 10.0. The molecule has 4 rings (SSSR count). The van der Waals surface area contributed by atoms with E-state index in [0.29, 0.717) is 11.0 Å². The van der Waals surface area contributed by atoms with E-state index in [1.54, 1.807) is 19.1 Å². The number of fused-ring (bicyclic) bond motifs is 1. The minimum atomic E-state index is -3.81. The van der Waals surface area contributed by atoms with Crippen LogP contribution in [0.1, 0.15) is 17.3 Å². The number of halogens is 2. The molecule has 3 aromatic rings. The van der Waals surface area contributed by atoms with E-state index >= 15 is 0 Å². The summed E-state index contributed by atoms with van der Waals surface area (Å²) in [5, 5.41) is 0. The highest BCUT2D eigenvalue weighted by Gasteiger charge is 2.32. The summed E-state index contributed by atoms with van der Waals surface area (Å²) in [6.45, 7) is -0.588. The fraction of sp³-hybridized carbons (Fsp3) is 0.350. The van der Waals surface area contributed by atoms with Gasteiger partial charge in [-0.15, -0.1) is 0 Å². The second-order valence-corrected chi connectivity index (χ2v) is 9.49. The van der Waals surface area contributed by atoms with Crippen molar-refractivity contribution in [3.05, 3.63) is 42.0 Å². The molecular formula is C20H20F2N4O5S2. The second-order valence-electron chi connectivity index (χ2n) is 7.06. The number of hydrogen-bond acceptors (Lipinski definition) is 8. The van der Waals surface area contributed by atoms with Gasteiger partial charge in [-0.3, -0.25) is 4.79 Å². The Morgan fingerprint density at radius 2 is 1.88 bits per heavy atom. The van der Waals surface area contributed by atoms with Gasteiger partial charge in [0.1, 0.15) is 15.9 Å². The molecule has 176 valence electrons. The lowest BCUT2D eigenvalue weighted by atomic mass is 10.1. The van der Waals surface area contributed by atoms with Crippen molar-refractivity contribution in [2.45, 2.75) is 18.4 Å². The zero-order chi connectivity index (χ0) is 23.6. The van der Waals surface area contributed by atoms with Crippen molar-refractivity contribution in [3.8, 4) is 11.5 Å². The van der Waals surface area contributed by atoms with Crippen LogP contribution >= 0.6 is 11.7 Å². The molecule has 1 fully saturated rings. The van der Waals surface area contributed by atoms with Gasteiger partial charge in [-0.25, -0.2) is 8.42 Å². The standard InChI is InChI=1S/C20H20F2N4O5S2/c1-2-30-16-12-13(6-7-15(16)31-20(21)22)19(27)25-8-10-26(11-9-25)33(28,29)17-5-3-4-14-18(17)24-32-23-14/h3-7,12,20H,2,8-11H2,1H3. The molecule has 13 heteroatoms. The molecule has 1 aliphatic rings. The van der Waals surface area contributed by atoms with Crippen LogP contribution in [0.4, 0.5) is 8.78 Å². The van der Waals surface area contributed by atoms with Crippen molar-refractivity contribution in [3.63, 3.8) is 0 Å². The van der Waals surface area contributed by atoms with Gasteiger partial charge in [0.25, 0.3) is 5.91 Å². The average Bonchev–Trinajstić information content (AvgIpc) is 3.28. The Hall–Kier alpha value is -2.90. The zero-order valence-electron chi connectivity index (χ0n) is 17.5. The fourth-order valence-corrected chi connectivity index (χ4v) is 5.72. The van der Waals surface area contributed by atoms with E-state index in [4.69, 9.17) is 4.74 Å². The summed E-state index contributed by atoms with van der Waals surface area (Å²) in [7, 11) is -3.81. The molecule has 0 radical (unpaired) electrons. The third kappa shape index (κ3) is 4.75. The van der Waals surface area contributed by atoms with E-state index in [1.165, 1.54) is 33.5 Å². The normalized spacial score (nSPS) is 15.2. The molecule has 33 heavy (non-hydrogen) atoms. The van der Waals surface area contributed by atoms with E-state index in [2.05, 4.69) is 13.5 Å². The SMILES string of the molecule is CCOc1cc(C(=O)N2CCN(S(=O)(=O)c3cccc4nsnc34)CC2)ccc1OC(F)F. The van der Waals surface area contributed by atoms with Gasteiger partial charge in [0.2, 0.25) is 10.0 Å². The van der Waals surface area contributed by atoms with E-state index in [9.17, 15) is 22.0 Å². The third-order valence-corrected chi connectivity index (χ3v) is 7.57. The number of ether oxygens (including phenoxy) is 2. The number of benzene rings is 2. The van der Waals surface area contributed by atoms with Gasteiger partial charge < -0.3 is 14.4 Å². The van der Waals surface area contributed by atoms with Crippen molar-refractivity contribution in [2.24, 2.45) is 0 Å². The molecule has 0 unspecified atom stereocenters. The van der Waals surface area contributed by atoms with Crippen molar-refractivity contribution in [2.75, 3.05) is 32.8 Å². The first kappa shape index (κ1) is 23.3. The van der Waals surface area contributed by atoms with Gasteiger partial charge in [0.15, 0.2) is 11.5 Å². The van der Waals surface area contributed by atoms with Crippen molar-refractivity contribution in [1.29, 1.82) is 0 Å². The number of carbonyl (C=O) groups excluding carboxylic acids is 1. The van der Waals surface area contributed by atoms with Crippen LogP contribution in [0.2, 0.25) is 0 Å². The van der Waals surface area contributed by atoms with Gasteiger partial charge in [-0.05, 0) is 37.3 Å². The lowest BCUT2D eigenvalue weighted by Gasteiger charge is -2.34. The van der Waals surface area contributed by atoms with Gasteiger partial charge in [-0.1, -0.05) is 6.07 Å². The lowest BCUT2D eigenvalue weighted by Crippen LogP contribution is -2.50. The third-order valence-electron chi connectivity index (χ3n) is 5.10. The summed E-state index contributed by atoms with van der Waals surface area (Å²) in [5.41, 5.74) is 1.07. The van der Waals surface area contributed by atoms with Gasteiger partial charge in [0, 0.05) is 31.7 Å². The monoisotopic (exact) mass is 498 g/mol. The highest BCUT2D eigenvalue weighted by atomic mass is 32.2. The Labute approximate surface area is 192 Å². The molecule has 9 nitrogen and oxygen atoms in total. The lowest BCUT2D eigenvalue weighted by molar-refractivity contribution is -0.0514. The van der Waals surface area contributed by atoms with E-state index < -0.39 is 16.6 Å². The Balaban J connectivity index is 1.48. The predicted molar refractivity (Wildman–Crippen MR) is 116 cm³/mol. The van der Waals surface area contributed by atoms with Crippen LogP contribution in [0.25, 0.3) is 11.0 Å². The van der Waals surface area contributed by atoms with Crippen LogP contribution in [-0.4, -0.2) is 71.7 Å². The number of carbonyl (C=O) groups is 1. The van der Waals surface area contributed by atoms with Crippen LogP contribution in [0, 0.1) is 0 Å². The average molecular weight is 499 g/mol. The number of sulfonamides is 1. The Morgan fingerprint density at radius 1 is 1.12 bits per heavy atom. The molecule has 2 heterocycles. The van der Waals surface area contributed by atoms with Crippen LogP contribution in [0.3, 0.4) is 0 Å². The number of alkyl halides is 2. The number of amides is 1. The van der Waals surface area contributed by atoms with E-state index in [1.807, 2.05) is 0 Å². The number of hydrogen-bond donors (Lipinski definition) is 0. The quantitative estimate of drug-likeness (QED) is 0.494. The minimum absolute atomic E-state index is 0.0369. The maximum Gasteiger partial charge on any atom is 0.387 e. The summed E-state index contributed by atoms with van der Waals surface area (Å²) in [6, 6.07) is 8.79. The summed E-state index contributed by atoms with van der Waals surface area (Å²) in [4.78, 5) is 14.5. The summed E-state index contributed by atoms with van der Waals surface area (Å²) in [5.74, 6) is -0.484. The van der Waals surface area contributed by atoms with Crippen molar-refractivity contribution < 1.29 is 31.5 Å². The topological polar surface area (TPSA) is 102 Å². The summed E-state index contributed by atoms with van der Waals surface area (Å²) < 4.78 is 70.8. The highest BCUT2D eigenvalue weighted by molar-refractivity contribution is 7.89. The molecule has 2 aromatic carbocycles. The number of piperazine rings is 1. The second kappa shape index (κ2) is 9.53. The molecule has 0 spiro atoms. The molecule has 0 bridgehead atoms. The van der Waals surface area contributed by atoms with Gasteiger partial charge in [-0.2, -0.15) is 21.8 Å². The minimum Gasteiger partial charge on any atom is -0.490 e. The van der Waals surface area contributed by atoms with Crippen LogP contribution in [0.5, 0.6) is 11.5 Å². The molecule has 1 saturated heterocycles. The number of nitrogens with zero attached hydrogens (tertiary/aromatic N) is 4. The number of rotatable bonds is 7. The maximum absolute atomic E-state index is 13.2. The summed E-state index contributed by atoms with van der Waals surface area (Å²) >= 11 is 0.944. The molecule has 1 aliphatic heterocycles. The first-order valence-corrected chi connectivity index (χ1v) is 12.2. The fourth-order valence-electron chi connectivity index (χ4n) is 3.55. The molecule has 0 N–H and O–H groups in total. The first-order chi connectivity index (χ1) is 15.8. The molecule has 1 aromatic heterocycles. The van der Waals surface area contributed by atoms with Crippen LogP contribution in [0.15, 0.2) is 41.3 Å². The molecular weight excluding hydrogens is 478 g/mol. The van der Waals surface area contributed by atoms with E-state index in [0.717, 1.165) is 11.7 Å². The van der Waals surface area contributed by atoms with Crippen molar-refractivity contribution >= 4 is 38.7 Å². The maximum atomic E-state index is 13.2. The Morgan fingerprint density at radius 3 is 2.58 bits per heavy atom. The van der Waals surface area contributed by atoms with Crippen LogP contribution in [-0.2, 0) is 10.0 Å². The Bertz CT molecular complexity index is 1260.